The van der Waals surface area contributed by atoms with Crippen LogP contribution in [0.1, 0.15) is 65.6 Å². The number of benzene rings is 2. The zero-order valence-corrected chi connectivity index (χ0v) is 24.6. The molecular weight excluding hydrogens is 566 g/mol. The maximum Gasteiger partial charge on any atom is 0.326 e. The number of nitrogens with two attached hydrogens (primary N) is 2. The normalized spacial score (nSPS) is 12.0. The van der Waals surface area contributed by atoms with Crippen molar-refractivity contribution in [1.29, 1.82) is 0 Å². The topological polar surface area (TPSA) is 231 Å². The first-order valence-corrected chi connectivity index (χ1v) is 13.9. The van der Waals surface area contributed by atoms with Crippen LogP contribution in [0.2, 0.25) is 0 Å². The van der Waals surface area contributed by atoms with Crippen LogP contribution in [0.3, 0.4) is 0 Å². The number of phenolic OH excluding ortho intramolecular Hbond substituents is 1. The van der Waals surface area contributed by atoms with Crippen molar-refractivity contribution in [3.05, 3.63) is 71.0 Å². The Morgan fingerprint density at radius 3 is 2.36 bits per heavy atom. The van der Waals surface area contributed by atoms with Crippen LogP contribution >= 0.6 is 0 Å². The van der Waals surface area contributed by atoms with Crippen molar-refractivity contribution in [1.82, 2.24) is 30.6 Å². The number of hydrogen-bond acceptors (Lipinski definition) is 11. The lowest BCUT2D eigenvalue weighted by Gasteiger charge is -2.20. The van der Waals surface area contributed by atoms with E-state index in [4.69, 9.17) is 11.5 Å². The van der Waals surface area contributed by atoms with Crippen molar-refractivity contribution in [3.63, 3.8) is 0 Å². The van der Waals surface area contributed by atoms with Gasteiger partial charge in [0.2, 0.25) is 5.95 Å². The summed E-state index contributed by atoms with van der Waals surface area (Å²) in [6, 6.07) is 10.2. The molecule has 1 atom stereocenters. The summed E-state index contributed by atoms with van der Waals surface area (Å²) in [6.07, 6.45) is 1.91. The van der Waals surface area contributed by atoms with E-state index >= 15 is 0 Å². The van der Waals surface area contributed by atoms with E-state index in [1.54, 1.807) is 42.5 Å². The van der Waals surface area contributed by atoms with E-state index in [2.05, 4.69) is 35.9 Å². The highest BCUT2D eigenvalue weighted by Crippen LogP contribution is 2.28. The molecule has 230 valence electrons. The van der Waals surface area contributed by atoms with Crippen LogP contribution in [-0.2, 0) is 16.8 Å². The van der Waals surface area contributed by atoms with E-state index in [0.717, 1.165) is 5.56 Å². The number of nitrogens with zero attached hydrogens (tertiary/aromatic N) is 4. The second kappa shape index (κ2) is 13.2. The Kier molecular flexibility index (Phi) is 9.41. The summed E-state index contributed by atoms with van der Waals surface area (Å²) >= 11 is 0. The standard InChI is InChI=1S/C30H35N9O5/c1-30(2,3)17-8-11-20(22(40)13-17)27(42)33-12-4-5-21(28(43)44)37-26(41)16-6-9-18(10-7-16)34-14-19-15-35-25-23(36-19)24(31)38-29(32)39-25/h6-11,13,15,21,34,40H,4-5,12,14H2,1-3H3,(H,33,42)(H,37,41)(H,43,44)(H4,31,32,35,38,39)/t21-/m0/s1. The number of phenols is 1. The van der Waals surface area contributed by atoms with Crippen molar-refractivity contribution in [2.24, 2.45) is 0 Å². The predicted molar refractivity (Wildman–Crippen MR) is 165 cm³/mol. The summed E-state index contributed by atoms with van der Waals surface area (Å²) in [7, 11) is 0. The van der Waals surface area contributed by atoms with Gasteiger partial charge in [0.1, 0.15) is 11.8 Å². The summed E-state index contributed by atoms with van der Waals surface area (Å²) in [4.78, 5) is 53.6. The van der Waals surface area contributed by atoms with Gasteiger partial charge in [0.25, 0.3) is 11.8 Å². The van der Waals surface area contributed by atoms with Gasteiger partial charge in [-0.1, -0.05) is 26.8 Å². The van der Waals surface area contributed by atoms with E-state index in [-0.39, 0.29) is 53.4 Å². The van der Waals surface area contributed by atoms with Crippen molar-refractivity contribution in [2.75, 3.05) is 23.3 Å². The first kappa shape index (κ1) is 31.4. The number of carbonyl (C=O) groups is 3. The van der Waals surface area contributed by atoms with Crippen LogP contribution in [-0.4, -0.2) is 60.5 Å². The van der Waals surface area contributed by atoms with E-state index in [1.165, 1.54) is 6.20 Å². The molecule has 4 rings (SSSR count). The molecule has 0 bridgehead atoms. The van der Waals surface area contributed by atoms with Crippen LogP contribution in [0, 0.1) is 0 Å². The Morgan fingerprint density at radius 1 is 0.977 bits per heavy atom. The molecule has 0 aliphatic rings. The van der Waals surface area contributed by atoms with Crippen molar-refractivity contribution in [2.45, 2.75) is 51.6 Å². The smallest absolute Gasteiger partial charge is 0.326 e. The van der Waals surface area contributed by atoms with Gasteiger partial charge >= 0.3 is 5.97 Å². The van der Waals surface area contributed by atoms with Gasteiger partial charge in [0, 0.05) is 17.8 Å². The number of amides is 2. The Labute approximate surface area is 253 Å². The first-order valence-electron chi connectivity index (χ1n) is 13.9. The van der Waals surface area contributed by atoms with Gasteiger partial charge in [-0.25, -0.2) is 14.8 Å². The number of carboxylic acids is 1. The summed E-state index contributed by atoms with van der Waals surface area (Å²) in [6.45, 7) is 6.47. The largest absolute Gasteiger partial charge is 0.507 e. The molecule has 2 aromatic heterocycles. The van der Waals surface area contributed by atoms with E-state index < -0.39 is 23.8 Å². The number of aromatic hydroxyl groups is 1. The number of carboxylic acid groups (broad SMARTS) is 1. The fourth-order valence-corrected chi connectivity index (χ4v) is 4.29. The van der Waals surface area contributed by atoms with Crippen molar-refractivity contribution >= 4 is 46.4 Å². The lowest BCUT2D eigenvalue weighted by atomic mass is 9.86. The highest BCUT2D eigenvalue weighted by molar-refractivity contribution is 5.97. The Hall–Kier alpha value is -5.53. The molecule has 0 aliphatic heterocycles. The third-order valence-electron chi connectivity index (χ3n) is 6.79. The summed E-state index contributed by atoms with van der Waals surface area (Å²) in [5.41, 5.74) is 14.5. The molecule has 14 nitrogen and oxygen atoms in total. The fraction of sp³-hybridized carbons (Fsp3) is 0.300. The van der Waals surface area contributed by atoms with Gasteiger partial charge in [0.05, 0.1) is 24.0 Å². The average molecular weight is 602 g/mol. The molecule has 0 saturated heterocycles. The Balaban J connectivity index is 1.26. The predicted octanol–water partition coefficient (Wildman–Crippen LogP) is 2.59. The summed E-state index contributed by atoms with van der Waals surface area (Å²) < 4.78 is 0. The molecular formula is C30H35N9O5. The van der Waals surface area contributed by atoms with Gasteiger partial charge in [-0.3, -0.25) is 9.59 Å². The molecule has 2 heterocycles. The van der Waals surface area contributed by atoms with Crippen LogP contribution in [0.4, 0.5) is 17.5 Å². The molecule has 2 amide bonds. The van der Waals surface area contributed by atoms with E-state index in [0.29, 0.717) is 29.1 Å². The lowest BCUT2D eigenvalue weighted by molar-refractivity contribution is -0.139. The third kappa shape index (κ3) is 7.85. The summed E-state index contributed by atoms with van der Waals surface area (Å²) in [5.74, 6) is -2.19. The molecule has 0 radical (unpaired) electrons. The Morgan fingerprint density at radius 2 is 1.70 bits per heavy atom. The fourth-order valence-electron chi connectivity index (χ4n) is 4.29. The molecule has 4 aromatic rings. The van der Waals surface area contributed by atoms with Crippen LogP contribution < -0.4 is 27.4 Å². The molecule has 9 N–H and O–H groups in total. The van der Waals surface area contributed by atoms with Gasteiger partial charge in [-0.2, -0.15) is 9.97 Å². The van der Waals surface area contributed by atoms with Gasteiger partial charge in [-0.05, 0) is 60.2 Å². The van der Waals surface area contributed by atoms with Crippen molar-refractivity contribution in [3.8, 4) is 5.75 Å². The highest BCUT2D eigenvalue weighted by atomic mass is 16.4. The zero-order chi connectivity index (χ0) is 32.0. The van der Waals surface area contributed by atoms with Crippen molar-refractivity contribution < 1.29 is 24.6 Å². The van der Waals surface area contributed by atoms with Crippen LogP contribution in [0.5, 0.6) is 5.75 Å². The van der Waals surface area contributed by atoms with Gasteiger partial charge in [-0.15, -0.1) is 0 Å². The second-order valence-corrected chi connectivity index (χ2v) is 11.2. The number of rotatable bonds is 11. The lowest BCUT2D eigenvalue weighted by Crippen LogP contribution is -2.41. The number of aromatic nitrogens is 4. The molecule has 14 heteroatoms. The minimum absolute atomic E-state index is 0.0120. The number of aliphatic carboxylic acids is 1. The third-order valence-corrected chi connectivity index (χ3v) is 6.79. The molecule has 0 unspecified atom stereocenters. The monoisotopic (exact) mass is 601 g/mol. The highest BCUT2D eigenvalue weighted by Gasteiger charge is 2.21. The second-order valence-electron chi connectivity index (χ2n) is 11.2. The molecule has 0 spiro atoms. The van der Waals surface area contributed by atoms with Gasteiger partial charge < -0.3 is 37.6 Å². The zero-order valence-electron chi connectivity index (χ0n) is 24.6. The Bertz CT molecular complexity index is 1690. The van der Waals surface area contributed by atoms with Crippen LogP contribution in [0.25, 0.3) is 11.2 Å². The number of carbonyl (C=O) groups excluding carboxylic acids is 2. The molecule has 0 aliphatic carbocycles. The van der Waals surface area contributed by atoms with Gasteiger partial charge in [0.15, 0.2) is 17.0 Å². The number of anilines is 3. The number of nitrogens with one attached hydrogen (secondary N) is 3. The van der Waals surface area contributed by atoms with E-state index in [9.17, 15) is 24.6 Å². The number of nitrogen functional groups attached to an aromatic ring is 2. The first-order chi connectivity index (χ1) is 20.8. The minimum atomic E-state index is -1.19. The average Bonchev–Trinajstić information content (AvgIpc) is 2.97. The van der Waals surface area contributed by atoms with E-state index in [1.807, 2.05) is 20.8 Å². The molecule has 2 aromatic carbocycles. The quantitative estimate of drug-likeness (QED) is 0.123. The number of hydrogen-bond donors (Lipinski definition) is 7. The van der Waals surface area contributed by atoms with Crippen LogP contribution in [0.15, 0.2) is 48.7 Å². The molecule has 0 saturated carbocycles. The SMILES string of the molecule is CC(C)(C)c1ccc(C(=O)NCCC[C@H](NC(=O)c2ccc(NCc3cnc4nc(N)nc(N)c4n3)cc2)C(=O)O)c(O)c1. The number of fused-ring (bicyclic) bond motifs is 1. The maximum atomic E-state index is 12.7. The maximum absolute atomic E-state index is 12.7. The molecule has 0 fully saturated rings. The molecule has 44 heavy (non-hydrogen) atoms. The minimum Gasteiger partial charge on any atom is -0.507 e. The summed E-state index contributed by atoms with van der Waals surface area (Å²) in [5, 5.41) is 28.3.